The Hall–Kier alpha value is -2.66. The van der Waals surface area contributed by atoms with Gasteiger partial charge in [0, 0.05) is 30.6 Å². The Morgan fingerprint density at radius 2 is 1.32 bits per heavy atom. The second kappa shape index (κ2) is 17.8. The predicted octanol–water partition coefficient (Wildman–Crippen LogP) is 8.17. The number of carbonyl (C=O) groups is 2. The van der Waals surface area contributed by atoms with Crippen LogP contribution in [0.15, 0.2) is 48.5 Å². The molecule has 1 aliphatic rings. The molecule has 0 atom stereocenters. The zero-order chi connectivity index (χ0) is 26.8. The van der Waals surface area contributed by atoms with E-state index in [4.69, 9.17) is 4.74 Å². The van der Waals surface area contributed by atoms with Crippen LogP contribution < -0.4 is 10.2 Å². The van der Waals surface area contributed by atoms with E-state index in [9.17, 15) is 9.59 Å². The van der Waals surface area contributed by atoms with Crippen molar-refractivity contribution in [1.29, 1.82) is 0 Å². The number of ether oxygens (including phenoxy) is 1. The highest BCUT2D eigenvalue weighted by Gasteiger charge is 2.19. The number of unbranched alkanes of at least 4 members (excludes halogenated alkanes) is 12. The smallest absolute Gasteiger partial charge is 0.224 e. The van der Waals surface area contributed by atoms with Gasteiger partial charge in [0.2, 0.25) is 5.91 Å². The van der Waals surface area contributed by atoms with Crippen LogP contribution in [0.25, 0.3) is 0 Å². The van der Waals surface area contributed by atoms with E-state index in [0.29, 0.717) is 36.4 Å². The molecule has 2 aromatic rings. The molecule has 1 aliphatic heterocycles. The molecule has 0 aliphatic carbocycles. The highest BCUT2D eigenvalue weighted by atomic mass is 16.5. The number of nitrogens with zero attached hydrogens (tertiary/aromatic N) is 1. The van der Waals surface area contributed by atoms with Gasteiger partial charge in [0.25, 0.3) is 0 Å². The van der Waals surface area contributed by atoms with Crippen molar-refractivity contribution < 1.29 is 14.3 Å². The van der Waals surface area contributed by atoms with Gasteiger partial charge in [0.15, 0.2) is 5.78 Å². The number of rotatable bonds is 18. The Kier molecular flexibility index (Phi) is 14.0. The third kappa shape index (κ3) is 10.6. The minimum atomic E-state index is -0.0360. The average Bonchev–Trinajstić information content (AvgIpc) is 2.96. The summed E-state index contributed by atoms with van der Waals surface area (Å²) in [6, 6.07) is 14.9. The van der Waals surface area contributed by atoms with E-state index in [1.807, 2.05) is 48.5 Å². The molecule has 38 heavy (non-hydrogen) atoms. The van der Waals surface area contributed by atoms with Gasteiger partial charge in [-0.15, -0.1) is 0 Å². The number of benzene rings is 2. The maximum absolute atomic E-state index is 13.0. The van der Waals surface area contributed by atoms with Crippen LogP contribution in [0.5, 0.6) is 0 Å². The molecule has 2 aromatic carbocycles. The van der Waals surface area contributed by atoms with Gasteiger partial charge in [0.1, 0.15) is 0 Å². The van der Waals surface area contributed by atoms with Gasteiger partial charge >= 0.3 is 0 Å². The molecule has 0 unspecified atom stereocenters. The first kappa shape index (κ1) is 29.9. The van der Waals surface area contributed by atoms with Crippen LogP contribution in [-0.2, 0) is 9.53 Å². The number of hydrogen-bond acceptors (Lipinski definition) is 4. The molecule has 0 bridgehead atoms. The normalized spacial score (nSPS) is 13.4. The van der Waals surface area contributed by atoms with Crippen LogP contribution in [0, 0.1) is 0 Å². The summed E-state index contributed by atoms with van der Waals surface area (Å²) < 4.78 is 5.51. The lowest BCUT2D eigenvalue weighted by atomic mass is 10.0. The first-order valence-electron chi connectivity index (χ1n) is 15.1. The quantitative estimate of drug-likeness (QED) is 0.159. The van der Waals surface area contributed by atoms with Crippen molar-refractivity contribution in [2.24, 2.45) is 0 Å². The first-order valence-corrected chi connectivity index (χ1v) is 15.1. The number of carbonyl (C=O) groups excluding carboxylic acids is 2. The van der Waals surface area contributed by atoms with Crippen molar-refractivity contribution in [2.75, 3.05) is 36.5 Å². The molecule has 1 saturated heterocycles. The lowest BCUT2D eigenvalue weighted by Gasteiger charge is -2.30. The molecular formula is C33H48N2O3. The SMILES string of the molecule is CCCCCCCCCCCCCCCC(=O)Nc1cc(C(=O)c2ccccc2)ccc1N1CCOCC1. The maximum atomic E-state index is 13.0. The number of amides is 1. The largest absolute Gasteiger partial charge is 0.378 e. The summed E-state index contributed by atoms with van der Waals surface area (Å²) in [5, 5.41) is 3.12. The predicted molar refractivity (Wildman–Crippen MR) is 158 cm³/mol. The molecule has 5 nitrogen and oxygen atoms in total. The van der Waals surface area contributed by atoms with E-state index < -0.39 is 0 Å². The maximum Gasteiger partial charge on any atom is 0.224 e. The Morgan fingerprint density at radius 3 is 1.92 bits per heavy atom. The van der Waals surface area contributed by atoms with E-state index >= 15 is 0 Å². The monoisotopic (exact) mass is 520 g/mol. The van der Waals surface area contributed by atoms with Crippen LogP contribution in [0.3, 0.4) is 0 Å². The first-order chi connectivity index (χ1) is 18.7. The zero-order valence-electron chi connectivity index (χ0n) is 23.5. The summed E-state index contributed by atoms with van der Waals surface area (Å²) in [7, 11) is 0. The summed E-state index contributed by atoms with van der Waals surface area (Å²) in [6.07, 6.45) is 17.3. The summed E-state index contributed by atoms with van der Waals surface area (Å²) in [6.45, 7) is 5.14. The van der Waals surface area contributed by atoms with E-state index in [-0.39, 0.29) is 11.7 Å². The molecule has 1 N–H and O–H groups in total. The van der Waals surface area contributed by atoms with Crippen molar-refractivity contribution in [2.45, 2.75) is 96.8 Å². The van der Waals surface area contributed by atoms with Crippen molar-refractivity contribution in [3.05, 3.63) is 59.7 Å². The number of hydrogen-bond donors (Lipinski definition) is 1. The van der Waals surface area contributed by atoms with Gasteiger partial charge in [-0.2, -0.15) is 0 Å². The lowest BCUT2D eigenvalue weighted by Crippen LogP contribution is -2.36. The molecule has 0 saturated carbocycles. The van der Waals surface area contributed by atoms with Crippen LogP contribution in [0.1, 0.15) is 113 Å². The number of morpholine rings is 1. The van der Waals surface area contributed by atoms with Crippen LogP contribution in [0.2, 0.25) is 0 Å². The fraction of sp³-hybridized carbons (Fsp3) is 0.576. The molecule has 0 radical (unpaired) electrons. The Labute approximate surface area is 230 Å². The highest BCUT2D eigenvalue weighted by Crippen LogP contribution is 2.29. The molecule has 0 spiro atoms. The number of ketones is 1. The van der Waals surface area contributed by atoms with Crippen molar-refractivity contribution in [3.8, 4) is 0 Å². The van der Waals surface area contributed by atoms with Crippen LogP contribution >= 0.6 is 0 Å². The van der Waals surface area contributed by atoms with E-state index in [1.165, 1.54) is 70.6 Å². The summed E-state index contributed by atoms with van der Waals surface area (Å²) in [4.78, 5) is 28.1. The van der Waals surface area contributed by atoms with Gasteiger partial charge in [-0.05, 0) is 24.6 Å². The van der Waals surface area contributed by atoms with Gasteiger partial charge < -0.3 is 15.0 Å². The Morgan fingerprint density at radius 1 is 0.737 bits per heavy atom. The van der Waals surface area contributed by atoms with Gasteiger partial charge in [-0.25, -0.2) is 0 Å². The zero-order valence-corrected chi connectivity index (χ0v) is 23.5. The van der Waals surface area contributed by atoms with Crippen molar-refractivity contribution >= 4 is 23.1 Å². The van der Waals surface area contributed by atoms with Crippen molar-refractivity contribution in [3.63, 3.8) is 0 Å². The standard InChI is InChI=1S/C33H48N2O3/c1-2-3-4-5-6-7-8-9-10-11-12-13-17-20-32(36)34-30-27-29(33(37)28-18-15-14-16-19-28)21-22-31(30)35-23-25-38-26-24-35/h14-16,18-19,21-22,27H,2-13,17,20,23-26H2,1H3,(H,34,36). The third-order valence-corrected chi connectivity index (χ3v) is 7.43. The Balaban J connectivity index is 1.42. The molecule has 1 amide bonds. The van der Waals surface area contributed by atoms with E-state index in [1.54, 1.807) is 0 Å². The fourth-order valence-electron chi connectivity index (χ4n) is 5.13. The molecule has 208 valence electrons. The molecule has 5 heteroatoms. The van der Waals surface area contributed by atoms with E-state index in [2.05, 4.69) is 17.1 Å². The van der Waals surface area contributed by atoms with Gasteiger partial charge in [0.05, 0.1) is 24.6 Å². The van der Waals surface area contributed by atoms with Crippen LogP contribution in [0.4, 0.5) is 11.4 Å². The molecule has 3 rings (SSSR count). The highest BCUT2D eigenvalue weighted by molar-refractivity contribution is 6.10. The summed E-state index contributed by atoms with van der Waals surface area (Å²) in [5.74, 6) is -0.0157. The lowest BCUT2D eigenvalue weighted by molar-refractivity contribution is -0.116. The Bertz CT molecular complexity index is 954. The second-order valence-electron chi connectivity index (χ2n) is 10.6. The van der Waals surface area contributed by atoms with Gasteiger partial charge in [-0.1, -0.05) is 114 Å². The molecular weight excluding hydrogens is 472 g/mol. The minimum absolute atomic E-state index is 0.0203. The van der Waals surface area contributed by atoms with Gasteiger partial charge in [-0.3, -0.25) is 9.59 Å². The average molecular weight is 521 g/mol. The number of anilines is 2. The van der Waals surface area contributed by atoms with Crippen LogP contribution in [-0.4, -0.2) is 38.0 Å². The molecule has 0 aromatic heterocycles. The summed E-state index contributed by atoms with van der Waals surface area (Å²) >= 11 is 0. The third-order valence-electron chi connectivity index (χ3n) is 7.43. The van der Waals surface area contributed by atoms with E-state index in [0.717, 1.165) is 31.6 Å². The number of nitrogens with one attached hydrogen (secondary N) is 1. The topological polar surface area (TPSA) is 58.6 Å². The molecule has 1 heterocycles. The minimum Gasteiger partial charge on any atom is -0.378 e. The second-order valence-corrected chi connectivity index (χ2v) is 10.6. The fourth-order valence-corrected chi connectivity index (χ4v) is 5.13. The molecule has 1 fully saturated rings. The van der Waals surface area contributed by atoms with Crippen molar-refractivity contribution in [1.82, 2.24) is 0 Å². The summed E-state index contributed by atoms with van der Waals surface area (Å²) in [5.41, 5.74) is 2.91.